The van der Waals surface area contributed by atoms with E-state index in [2.05, 4.69) is 5.32 Å². The van der Waals surface area contributed by atoms with E-state index in [9.17, 15) is 14.0 Å². The highest BCUT2D eigenvalue weighted by Crippen LogP contribution is 2.17. The molecule has 0 fully saturated rings. The zero-order valence-corrected chi connectivity index (χ0v) is 14.7. The summed E-state index contributed by atoms with van der Waals surface area (Å²) in [7, 11) is 0. The molecule has 0 aliphatic rings. The van der Waals surface area contributed by atoms with E-state index in [1.165, 1.54) is 16.7 Å². The second kappa shape index (κ2) is 6.72. The Balaban J connectivity index is 1.72. The molecule has 0 aliphatic carbocycles. The molecule has 6 heteroatoms. The van der Waals surface area contributed by atoms with Gasteiger partial charge in [-0.05, 0) is 42.8 Å². The van der Waals surface area contributed by atoms with Crippen molar-refractivity contribution in [1.82, 2.24) is 14.3 Å². The van der Waals surface area contributed by atoms with Crippen LogP contribution >= 0.6 is 0 Å². The number of hydrogen-bond donors (Lipinski definition) is 1. The second-order valence-corrected chi connectivity index (χ2v) is 6.49. The van der Waals surface area contributed by atoms with E-state index in [4.69, 9.17) is 0 Å². The summed E-state index contributed by atoms with van der Waals surface area (Å²) in [6, 6.07) is 17.0. The monoisotopic (exact) mass is 363 g/mol. The van der Waals surface area contributed by atoms with Gasteiger partial charge in [-0.3, -0.25) is 14.2 Å². The smallest absolute Gasteiger partial charge is 0.275 e. The van der Waals surface area contributed by atoms with Gasteiger partial charge < -0.3 is 9.72 Å². The summed E-state index contributed by atoms with van der Waals surface area (Å²) in [5.41, 5.74) is 2.13. The van der Waals surface area contributed by atoms with E-state index in [-0.39, 0.29) is 24.1 Å². The standard InChI is InChI=1S/C21H18FN3O2/c1-14(15-6-3-2-4-7-15)23-20(26)13-25-19-12-16(22)9-10-17(19)24-11-5-8-18(24)21(25)27/h2-12,14H,13H2,1H3,(H,23,26). The Morgan fingerprint density at radius 1 is 1.04 bits per heavy atom. The van der Waals surface area contributed by atoms with Crippen LogP contribution in [0, 0.1) is 5.82 Å². The summed E-state index contributed by atoms with van der Waals surface area (Å²) < 4.78 is 16.8. The molecule has 5 nitrogen and oxygen atoms in total. The summed E-state index contributed by atoms with van der Waals surface area (Å²) in [6.45, 7) is 1.70. The van der Waals surface area contributed by atoms with Gasteiger partial charge in [0.05, 0.1) is 17.1 Å². The Morgan fingerprint density at radius 2 is 1.81 bits per heavy atom. The lowest BCUT2D eigenvalue weighted by Crippen LogP contribution is -2.34. The zero-order valence-electron chi connectivity index (χ0n) is 14.7. The van der Waals surface area contributed by atoms with Crippen LogP contribution in [-0.4, -0.2) is 14.9 Å². The fourth-order valence-electron chi connectivity index (χ4n) is 3.34. The Kier molecular flexibility index (Phi) is 4.24. The van der Waals surface area contributed by atoms with Gasteiger partial charge >= 0.3 is 0 Å². The van der Waals surface area contributed by atoms with Crippen LogP contribution in [0.5, 0.6) is 0 Å². The van der Waals surface area contributed by atoms with E-state index < -0.39 is 5.82 Å². The van der Waals surface area contributed by atoms with E-state index in [0.717, 1.165) is 5.56 Å². The van der Waals surface area contributed by atoms with E-state index in [1.807, 2.05) is 37.3 Å². The van der Waals surface area contributed by atoms with Crippen LogP contribution in [0.3, 0.4) is 0 Å². The molecule has 0 bridgehead atoms. The molecular weight excluding hydrogens is 345 g/mol. The Morgan fingerprint density at radius 3 is 2.59 bits per heavy atom. The lowest BCUT2D eigenvalue weighted by Gasteiger charge is -2.16. The Labute approximate surface area is 154 Å². The predicted octanol–water partition coefficient (Wildman–Crippen LogP) is 3.27. The first-order chi connectivity index (χ1) is 13.0. The van der Waals surface area contributed by atoms with Crippen molar-refractivity contribution in [2.24, 2.45) is 0 Å². The van der Waals surface area contributed by atoms with Gasteiger partial charge in [-0.15, -0.1) is 0 Å². The quantitative estimate of drug-likeness (QED) is 0.605. The molecule has 27 heavy (non-hydrogen) atoms. The fraction of sp³-hybridized carbons (Fsp3) is 0.143. The number of amides is 1. The molecular formula is C21H18FN3O2. The third-order valence-electron chi connectivity index (χ3n) is 4.68. The minimum Gasteiger partial charge on any atom is -0.348 e. The van der Waals surface area contributed by atoms with Crippen LogP contribution in [-0.2, 0) is 11.3 Å². The van der Waals surface area contributed by atoms with Crippen molar-refractivity contribution in [3.63, 3.8) is 0 Å². The Bertz CT molecular complexity index is 1190. The first-order valence-electron chi connectivity index (χ1n) is 8.68. The summed E-state index contributed by atoms with van der Waals surface area (Å²) in [6.07, 6.45) is 1.75. The number of nitrogens with one attached hydrogen (secondary N) is 1. The number of fused-ring (bicyclic) bond motifs is 3. The van der Waals surface area contributed by atoms with Crippen molar-refractivity contribution in [3.05, 3.63) is 88.6 Å². The van der Waals surface area contributed by atoms with Crippen molar-refractivity contribution in [2.75, 3.05) is 0 Å². The number of aromatic nitrogens is 2. The molecule has 1 amide bonds. The number of benzene rings is 2. The van der Waals surface area contributed by atoms with Crippen LogP contribution in [0.25, 0.3) is 16.6 Å². The molecule has 0 saturated heterocycles. The van der Waals surface area contributed by atoms with Crippen LogP contribution in [0.1, 0.15) is 18.5 Å². The number of hydrogen-bond acceptors (Lipinski definition) is 2. The SMILES string of the molecule is CC(NC(=O)Cn1c(=O)c2cccn2c2ccc(F)cc21)c1ccccc1. The molecule has 2 heterocycles. The first-order valence-corrected chi connectivity index (χ1v) is 8.68. The normalized spacial score (nSPS) is 12.4. The summed E-state index contributed by atoms with van der Waals surface area (Å²) in [5.74, 6) is -0.768. The fourth-order valence-corrected chi connectivity index (χ4v) is 3.34. The molecule has 2 aromatic heterocycles. The van der Waals surface area contributed by atoms with Gasteiger partial charge in [0.2, 0.25) is 5.91 Å². The van der Waals surface area contributed by atoms with Crippen molar-refractivity contribution in [1.29, 1.82) is 0 Å². The van der Waals surface area contributed by atoms with E-state index in [1.54, 1.807) is 28.8 Å². The van der Waals surface area contributed by atoms with E-state index >= 15 is 0 Å². The maximum atomic E-state index is 13.8. The van der Waals surface area contributed by atoms with Gasteiger partial charge in [0.1, 0.15) is 17.9 Å². The largest absolute Gasteiger partial charge is 0.348 e. The zero-order chi connectivity index (χ0) is 19.0. The third kappa shape index (κ3) is 3.10. The summed E-state index contributed by atoms with van der Waals surface area (Å²) in [5, 5.41) is 2.89. The van der Waals surface area contributed by atoms with Gasteiger partial charge in [-0.2, -0.15) is 0 Å². The molecule has 2 aromatic carbocycles. The molecule has 0 saturated carbocycles. The van der Waals surface area contributed by atoms with Gasteiger partial charge in [0.15, 0.2) is 0 Å². The number of carbonyl (C=O) groups is 1. The molecule has 136 valence electrons. The van der Waals surface area contributed by atoms with Gasteiger partial charge in [-0.1, -0.05) is 30.3 Å². The van der Waals surface area contributed by atoms with Crippen molar-refractivity contribution in [2.45, 2.75) is 19.5 Å². The number of nitrogens with zero attached hydrogens (tertiary/aromatic N) is 2. The average Bonchev–Trinajstić information content (AvgIpc) is 3.16. The molecule has 4 aromatic rings. The number of carbonyl (C=O) groups excluding carboxylic acids is 1. The topological polar surface area (TPSA) is 55.5 Å². The van der Waals surface area contributed by atoms with Crippen molar-refractivity contribution >= 4 is 22.5 Å². The van der Waals surface area contributed by atoms with Gasteiger partial charge in [0, 0.05) is 6.20 Å². The van der Waals surface area contributed by atoms with Crippen LogP contribution in [0.4, 0.5) is 4.39 Å². The molecule has 1 unspecified atom stereocenters. The maximum absolute atomic E-state index is 13.8. The van der Waals surface area contributed by atoms with Crippen LogP contribution < -0.4 is 10.9 Å². The van der Waals surface area contributed by atoms with E-state index in [0.29, 0.717) is 16.6 Å². The predicted molar refractivity (Wildman–Crippen MR) is 102 cm³/mol. The molecule has 4 rings (SSSR count). The van der Waals surface area contributed by atoms with Gasteiger partial charge in [-0.25, -0.2) is 4.39 Å². The maximum Gasteiger partial charge on any atom is 0.275 e. The molecule has 0 spiro atoms. The first kappa shape index (κ1) is 17.0. The molecule has 1 N–H and O–H groups in total. The average molecular weight is 363 g/mol. The minimum absolute atomic E-state index is 0.183. The minimum atomic E-state index is -0.458. The van der Waals surface area contributed by atoms with Crippen LogP contribution in [0.15, 0.2) is 71.7 Å². The number of halogens is 1. The van der Waals surface area contributed by atoms with Gasteiger partial charge in [0.25, 0.3) is 5.56 Å². The molecule has 0 aliphatic heterocycles. The highest BCUT2D eigenvalue weighted by molar-refractivity contribution is 5.82. The van der Waals surface area contributed by atoms with Crippen molar-refractivity contribution in [3.8, 4) is 0 Å². The summed E-state index contributed by atoms with van der Waals surface area (Å²) >= 11 is 0. The second-order valence-electron chi connectivity index (χ2n) is 6.49. The van der Waals surface area contributed by atoms with Crippen molar-refractivity contribution < 1.29 is 9.18 Å². The summed E-state index contributed by atoms with van der Waals surface area (Å²) in [4.78, 5) is 25.4. The Hall–Kier alpha value is -3.41. The molecule has 1 atom stereocenters. The van der Waals surface area contributed by atoms with Crippen LogP contribution in [0.2, 0.25) is 0 Å². The lowest BCUT2D eigenvalue weighted by molar-refractivity contribution is -0.122. The lowest BCUT2D eigenvalue weighted by atomic mass is 10.1. The highest BCUT2D eigenvalue weighted by Gasteiger charge is 2.15. The number of rotatable bonds is 4. The highest BCUT2D eigenvalue weighted by atomic mass is 19.1. The molecule has 0 radical (unpaired) electrons. The third-order valence-corrected chi connectivity index (χ3v) is 4.68.